The Hall–Kier alpha value is -2.24. The first kappa shape index (κ1) is 19.1. The molecule has 0 heterocycles. The van der Waals surface area contributed by atoms with E-state index in [-0.39, 0.29) is 6.61 Å². The maximum Gasteiger partial charge on any atom is 0.329 e. The summed E-state index contributed by atoms with van der Waals surface area (Å²) in [6.07, 6.45) is 0.328. The average Bonchev–Trinajstić information content (AvgIpc) is 2.59. The van der Waals surface area contributed by atoms with Gasteiger partial charge >= 0.3 is 12.0 Å². The number of benzene rings is 2. The summed E-state index contributed by atoms with van der Waals surface area (Å²) >= 11 is 11.8. The molecule has 1 unspecified atom stereocenters. The lowest BCUT2D eigenvalue weighted by atomic mass is 10.1. The van der Waals surface area contributed by atoms with Crippen molar-refractivity contribution in [2.45, 2.75) is 19.4 Å². The second-order valence-electron chi connectivity index (χ2n) is 5.22. The monoisotopic (exact) mass is 380 g/mol. The van der Waals surface area contributed by atoms with Crippen LogP contribution in [0.5, 0.6) is 0 Å². The zero-order chi connectivity index (χ0) is 18.2. The first-order valence-electron chi connectivity index (χ1n) is 7.72. The van der Waals surface area contributed by atoms with E-state index in [1.807, 2.05) is 30.3 Å². The minimum atomic E-state index is -0.801. The third-order valence-corrected chi connectivity index (χ3v) is 4.08. The van der Waals surface area contributed by atoms with Crippen molar-refractivity contribution in [3.63, 3.8) is 0 Å². The van der Waals surface area contributed by atoms with Crippen LogP contribution in [0.3, 0.4) is 0 Å². The number of urea groups is 1. The molecule has 132 valence electrons. The molecule has 2 N–H and O–H groups in total. The second kappa shape index (κ2) is 9.30. The van der Waals surface area contributed by atoms with Crippen molar-refractivity contribution in [3.05, 3.63) is 64.1 Å². The number of rotatable bonds is 6. The topological polar surface area (TPSA) is 67.4 Å². The maximum absolute atomic E-state index is 12.2. The first-order chi connectivity index (χ1) is 12.0. The van der Waals surface area contributed by atoms with Gasteiger partial charge in [-0.3, -0.25) is 0 Å². The van der Waals surface area contributed by atoms with Gasteiger partial charge in [-0.05, 0) is 30.7 Å². The van der Waals surface area contributed by atoms with E-state index >= 15 is 0 Å². The molecule has 1 atom stereocenters. The Morgan fingerprint density at radius 3 is 2.44 bits per heavy atom. The standard InChI is InChI=1S/C18H18Cl2N2O3/c1-2-25-17(23)16(10-12-6-4-3-5-7-12)22-18(24)21-13-8-9-14(19)15(20)11-13/h3-9,11,16H,2,10H2,1H3,(H2,21,22,24). The number of hydrogen-bond donors (Lipinski definition) is 2. The van der Waals surface area contributed by atoms with Crippen LogP contribution in [0.2, 0.25) is 10.0 Å². The van der Waals surface area contributed by atoms with Gasteiger partial charge in [-0.25, -0.2) is 9.59 Å². The number of ether oxygens (including phenoxy) is 1. The molecule has 0 aliphatic rings. The third kappa shape index (κ3) is 5.96. The number of hydrogen-bond acceptors (Lipinski definition) is 3. The van der Waals surface area contributed by atoms with E-state index in [0.717, 1.165) is 5.56 Å². The quantitative estimate of drug-likeness (QED) is 0.734. The smallest absolute Gasteiger partial charge is 0.329 e. The van der Waals surface area contributed by atoms with Crippen LogP contribution in [-0.2, 0) is 16.0 Å². The second-order valence-corrected chi connectivity index (χ2v) is 6.04. The molecular formula is C18H18Cl2N2O3. The minimum absolute atomic E-state index is 0.236. The van der Waals surface area contributed by atoms with E-state index in [1.54, 1.807) is 19.1 Å². The van der Waals surface area contributed by atoms with Gasteiger partial charge in [-0.2, -0.15) is 0 Å². The summed E-state index contributed by atoms with van der Waals surface area (Å²) in [5.41, 5.74) is 1.38. The zero-order valence-corrected chi connectivity index (χ0v) is 15.1. The molecule has 0 radical (unpaired) electrons. The summed E-state index contributed by atoms with van der Waals surface area (Å²) in [6, 6.07) is 12.8. The Balaban J connectivity index is 2.05. The normalized spacial score (nSPS) is 11.5. The molecule has 5 nitrogen and oxygen atoms in total. The van der Waals surface area contributed by atoms with Crippen molar-refractivity contribution in [1.82, 2.24) is 5.32 Å². The van der Waals surface area contributed by atoms with E-state index in [9.17, 15) is 9.59 Å². The molecule has 2 amide bonds. The van der Waals surface area contributed by atoms with Crippen LogP contribution < -0.4 is 10.6 Å². The lowest BCUT2D eigenvalue weighted by molar-refractivity contribution is -0.145. The van der Waals surface area contributed by atoms with E-state index in [2.05, 4.69) is 10.6 Å². The third-order valence-electron chi connectivity index (χ3n) is 3.34. The summed E-state index contributed by atoms with van der Waals surface area (Å²) in [5.74, 6) is -0.490. The number of halogens is 2. The van der Waals surface area contributed by atoms with E-state index in [4.69, 9.17) is 27.9 Å². The van der Waals surface area contributed by atoms with Gasteiger partial charge in [-0.1, -0.05) is 53.5 Å². The molecule has 0 saturated carbocycles. The molecule has 0 spiro atoms. The number of carbonyl (C=O) groups excluding carboxylic acids is 2. The minimum Gasteiger partial charge on any atom is -0.464 e. The zero-order valence-electron chi connectivity index (χ0n) is 13.6. The number of nitrogens with one attached hydrogen (secondary N) is 2. The van der Waals surface area contributed by atoms with Crippen LogP contribution in [0.25, 0.3) is 0 Å². The Morgan fingerprint density at radius 2 is 1.80 bits per heavy atom. The van der Waals surface area contributed by atoms with Crippen molar-refractivity contribution < 1.29 is 14.3 Å². The van der Waals surface area contributed by atoms with Crippen LogP contribution in [0, 0.1) is 0 Å². The molecule has 25 heavy (non-hydrogen) atoms. The summed E-state index contributed by atoms with van der Waals surface area (Å²) in [5, 5.41) is 5.97. The summed E-state index contributed by atoms with van der Waals surface area (Å²) in [7, 11) is 0. The van der Waals surface area contributed by atoms with Gasteiger partial charge in [-0.15, -0.1) is 0 Å². The Labute approximate surface area is 156 Å². The fourth-order valence-electron chi connectivity index (χ4n) is 2.19. The van der Waals surface area contributed by atoms with Gasteiger partial charge in [0.1, 0.15) is 6.04 Å². The largest absolute Gasteiger partial charge is 0.464 e. The molecule has 7 heteroatoms. The highest BCUT2D eigenvalue weighted by molar-refractivity contribution is 6.42. The first-order valence-corrected chi connectivity index (χ1v) is 8.48. The molecule has 0 aromatic heterocycles. The molecule has 0 fully saturated rings. The summed E-state index contributed by atoms with van der Waals surface area (Å²) in [4.78, 5) is 24.3. The molecule has 0 aliphatic heterocycles. The molecule has 2 aromatic carbocycles. The van der Waals surface area contributed by atoms with Crippen LogP contribution in [0.4, 0.5) is 10.5 Å². The number of amides is 2. The van der Waals surface area contributed by atoms with Crippen LogP contribution in [-0.4, -0.2) is 24.6 Å². The molecule has 2 rings (SSSR count). The fraction of sp³-hybridized carbons (Fsp3) is 0.222. The molecule has 0 bridgehead atoms. The number of carbonyl (C=O) groups is 2. The molecular weight excluding hydrogens is 363 g/mol. The predicted octanol–water partition coefficient (Wildman–Crippen LogP) is 4.29. The van der Waals surface area contributed by atoms with Crippen molar-refractivity contribution in [1.29, 1.82) is 0 Å². The van der Waals surface area contributed by atoms with Gasteiger partial charge in [0.15, 0.2) is 0 Å². The highest BCUT2D eigenvalue weighted by Crippen LogP contribution is 2.24. The fourth-order valence-corrected chi connectivity index (χ4v) is 2.48. The molecule has 2 aromatic rings. The average molecular weight is 381 g/mol. The van der Waals surface area contributed by atoms with Crippen LogP contribution in [0.1, 0.15) is 12.5 Å². The SMILES string of the molecule is CCOC(=O)C(Cc1ccccc1)NC(=O)Nc1ccc(Cl)c(Cl)c1. The van der Waals surface area contributed by atoms with Crippen molar-refractivity contribution in [2.24, 2.45) is 0 Å². The maximum atomic E-state index is 12.2. The van der Waals surface area contributed by atoms with Gasteiger partial charge in [0.05, 0.1) is 16.7 Å². The van der Waals surface area contributed by atoms with E-state index < -0.39 is 18.0 Å². The highest BCUT2D eigenvalue weighted by atomic mass is 35.5. The van der Waals surface area contributed by atoms with E-state index in [1.165, 1.54) is 6.07 Å². The van der Waals surface area contributed by atoms with Crippen molar-refractivity contribution in [2.75, 3.05) is 11.9 Å². The summed E-state index contributed by atoms with van der Waals surface area (Å²) in [6.45, 7) is 1.95. The number of esters is 1. The molecule has 0 saturated heterocycles. The van der Waals surface area contributed by atoms with Gasteiger partial charge < -0.3 is 15.4 Å². The van der Waals surface area contributed by atoms with Crippen LogP contribution >= 0.6 is 23.2 Å². The van der Waals surface area contributed by atoms with E-state index in [0.29, 0.717) is 22.2 Å². The Kier molecular flexibility index (Phi) is 7.10. The Bertz CT molecular complexity index is 738. The Morgan fingerprint density at radius 1 is 1.08 bits per heavy atom. The lowest BCUT2D eigenvalue weighted by Gasteiger charge is -2.18. The van der Waals surface area contributed by atoms with Gasteiger partial charge in [0, 0.05) is 12.1 Å². The number of anilines is 1. The summed E-state index contributed by atoms with van der Waals surface area (Å²) < 4.78 is 5.04. The lowest BCUT2D eigenvalue weighted by Crippen LogP contribution is -2.45. The molecule has 0 aliphatic carbocycles. The van der Waals surface area contributed by atoms with Crippen molar-refractivity contribution >= 4 is 40.9 Å². The van der Waals surface area contributed by atoms with Crippen LogP contribution in [0.15, 0.2) is 48.5 Å². The highest BCUT2D eigenvalue weighted by Gasteiger charge is 2.22. The van der Waals surface area contributed by atoms with Gasteiger partial charge in [0.2, 0.25) is 0 Å². The van der Waals surface area contributed by atoms with Gasteiger partial charge in [0.25, 0.3) is 0 Å². The van der Waals surface area contributed by atoms with Crippen molar-refractivity contribution in [3.8, 4) is 0 Å². The predicted molar refractivity (Wildman–Crippen MR) is 99.2 cm³/mol.